The summed E-state index contributed by atoms with van der Waals surface area (Å²) in [5.74, 6) is 0.572. The molecule has 1 aromatic rings. The molecular weight excluding hydrogens is 275 g/mol. The highest BCUT2D eigenvalue weighted by atomic mass is 19.4. The van der Waals surface area contributed by atoms with Crippen LogP contribution in [0, 0.1) is 5.92 Å². The van der Waals surface area contributed by atoms with Gasteiger partial charge in [-0.15, -0.1) is 0 Å². The third-order valence-electron chi connectivity index (χ3n) is 4.16. The quantitative estimate of drug-likeness (QED) is 0.755. The summed E-state index contributed by atoms with van der Waals surface area (Å²) in [6.07, 6.45) is -0.902. The van der Waals surface area contributed by atoms with E-state index in [-0.39, 0.29) is 0 Å². The number of fused-ring (bicyclic) bond motifs is 2. The zero-order chi connectivity index (χ0) is 15.6. The number of nitrogens with zero attached hydrogens (tertiary/aromatic N) is 1. The third-order valence-corrected chi connectivity index (χ3v) is 4.16. The molecule has 2 atom stereocenters. The maximum absolute atomic E-state index is 12.5. The normalized spacial score (nSPS) is 24.6. The van der Waals surface area contributed by atoms with Crippen LogP contribution in [0.25, 0.3) is 5.57 Å². The second-order valence-corrected chi connectivity index (χ2v) is 5.30. The van der Waals surface area contributed by atoms with E-state index < -0.39 is 11.7 Å². The van der Waals surface area contributed by atoms with Crippen LogP contribution in [0.4, 0.5) is 13.2 Å². The molecule has 2 unspecified atom stereocenters. The van der Waals surface area contributed by atoms with Crippen LogP contribution >= 0.6 is 0 Å². The molecule has 1 heterocycles. The number of rotatable bonds is 2. The molecule has 0 radical (unpaired) electrons. The summed E-state index contributed by atoms with van der Waals surface area (Å²) in [6, 6.07) is 5.95. The maximum Gasteiger partial charge on any atom is 0.416 e. The average Bonchev–Trinajstić information content (AvgIpc) is 3.08. The summed E-state index contributed by atoms with van der Waals surface area (Å²) in [7, 11) is 0. The Labute approximate surface area is 124 Å². The molecule has 2 bridgehead atoms. The van der Waals surface area contributed by atoms with Gasteiger partial charge in [0.1, 0.15) is 0 Å². The first-order valence-corrected chi connectivity index (χ1v) is 7.62. The number of halogens is 3. The van der Waals surface area contributed by atoms with E-state index in [1.165, 1.54) is 17.7 Å². The van der Waals surface area contributed by atoms with Crippen molar-refractivity contribution in [1.29, 1.82) is 0 Å². The van der Waals surface area contributed by atoms with Gasteiger partial charge < -0.3 is 0 Å². The molecule has 0 N–H and O–H groups in total. The predicted octanol–water partition coefficient (Wildman–Crippen LogP) is 4.84. The second kappa shape index (κ2) is 6.22. The highest BCUT2D eigenvalue weighted by Gasteiger charge is 2.38. The van der Waals surface area contributed by atoms with E-state index in [1.807, 2.05) is 13.8 Å². The molecule has 116 valence electrons. The van der Waals surface area contributed by atoms with Crippen molar-refractivity contribution in [2.24, 2.45) is 5.92 Å². The smallest absolute Gasteiger partial charge is 0.296 e. The van der Waals surface area contributed by atoms with Crippen molar-refractivity contribution in [2.75, 3.05) is 13.1 Å². The van der Waals surface area contributed by atoms with Gasteiger partial charge in [0, 0.05) is 12.6 Å². The first-order valence-electron chi connectivity index (χ1n) is 7.62. The van der Waals surface area contributed by atoms with E-state index in [4.69, 9.17) is 0 Å². The summed E-state index contributed by atoms with van der Waals surface area (Å²) < 4.78 is 37.6. The van der Waals surface area contributed by atoms with Gasteiger partial charge in [-0.2, -0.15) is 13.2 Å². The molecule has 2 aliphatic rings. The standard InChI is InChI=1S/C15H16F3N.C2H6/c1-2-19-9-10-7-13(14(19)8-10)11-3-5-12(6-4-11)15(16,17)18;1-2/h3-7,10,14H,2,8-9H2,1H3;1-2H3. The summed E-state index contributed by atoms with van der Waals surface area (Å²) in [5, 5.41) is 0. The Kier molecular flexibility index (Phi) is 4.77. The number of hydrogen-bond acceptors (Lipinski definition) is 1. The van der Waals surface area contributed by atoms with Crippen LogP contribution in [-0.4, -0.2) is 24.0 Å². The van der Waals surface area contributed by atoms with E-state index in [9.17, 15) is 13.2 Å². The van der Waals surface area contributed by atoms with Gasteiger partial charge in [-0.05, 0) is 42.2 Å². The van der Waals surface area contributed by atoms with Crippen molar-refractivity contribution in [1.82, 2.24) is 4.90 Å². The monoisotopic (exact) mass is 297 g/mol. The lowest BCUT2D eigenvalue weighted by atomic mass is 9.99. The Bertz CT molecular complexity index is 502. The minimum atomic E-state index is -4.25. The molecule has 1 fully saturated rings. The fourth-order valence-corrected chi connectivity index (χ4v) is 3.24. The van der Waals surface area contributed by atoms with Crippen LogP contribution in [0.1, 0.15) is 38.3 Å². The fraction of sp³-hybridized carbons (Fsp3) is 0.529. The fourth-order valence-electron chi connectivity index (χ4n) is 3.24. The van der Waals surface area contributed by atoms with E-state index in [2.05, 4.69) is 17.9 Å². The molecule has 0 amide bonds. The Morgan fingerprint density at radius 1 is 1.14 bits per heavy atom. The van der Waals surface area contributed by atoms with Gasteiger partial charge >= 0.3 is 6.18 Å². The highest BCUT2D eigenvalue weighted by Crippen LogP contribution is 2.42. The van der Waals surface area contributed by atoms with Crippen molar-refractivity contribution >= 4 is 5.57 Å². The highest BCUT2D eigenvalue weighted by molar-refractivity contribution is 5.73. The Hall–Kier alpha value is -1.29. The molecule has 1 nitrogen and oxygen atoms in total. The second-order valence-electron chi connectivity index (χ2n) is 5.30. The van der Waals surface area contributed by atoms with Gasteiger partial charge in [-0.1, -0.05) is 39.0 Å². The first-order chi connectivity index (χ1) is 9.99. The lowest BCUT2D eigenvalue weighted by Crippen LogP contribution is -2.31. The van der Waals surface area contributed by atoms with Crippen LogP contribution in [0.5, 0.6) is 0 Å². The van der Waals surface area contributed by atoms with Crippen LogP contribution in [-0.2, 0) is 6.18 Å². The van der Waals surface area contributed by atoms with Crippen molar-refractivity contribution in [3.05, 3.63) is 41.5 Å². The van der Waals surface area contributed by atoms with Gasteiger partial charge in [-0.3, -0.25) is 4.90 Å². The summed E-state index contributed by atoms with van der Waals surface area (Å²) >= 11 is 0. The molecular formula is C17H22F3N. The molecule has 4 heteroatoms. The predicted molar refractivity (Wildman–Crippen MR) is 79.9 cm³/mol. The zero-order valence-electron chi connectivity index (χ0n) is 12.7. The number of likely N-dealkylation sites (N-methyl/N-ethyl adjacent to an activating group) is 1. The van der Waals surface area contributed by atoms with Crippen LogP contribution in [0.15, 0.2) is 30.3 Å². The van der Waals surface area contributed by atoms with Gasteiger partial charge in [0.05, 0.1) is 5.56 Å². The minimum absolute atomic E-state index is 0.395. The Balaban J connectivity index is 0.000000774. The maximum atomic E-state index is 12.5. The summed E-state index contributed by atoms with van der Waals surface area (Å²) in [5.41, 5.74) is 1.55. The average molecular weight is 297 g/mol. The first kappa shape index (κ1) is 16.1. The summed E-state index contributed by atoms with van der Waals surface area (Å²) in [6.45, 7) is 8.22. The number of likely N-dealkylation sites (tertiary alicyclic amines) is 1. The van der Waals surface area contributed by atoms with E-state index in [0.717, 1.165) is 25.1 Å². The molecule has 3 rings (SSSR count). The Morgan fingerprint density at radius 3 is 2.24 bits per heavy atom. The van der Waals surface area contributed by atoms with Gasteiger partial charge in [0.15, 0.2) is 0 Å². The van der Waals surface area contributed by atoms with E-state index in [1.54, 1.807) is 12.1 Å². The molecule has 0 saturated carbocycles. The molecule has 0 spiro atoms. The number of benzene rings is 1. The Morgan fingerprint density at radius 2 is 1.76 bits per heavy atom. The molecule has 1 aromatic carbocycles. The van der Waals surface area contributed by atoms with Crippen LogP contribution < -0.4 is 0 Å². The largest absolute Gasteiger partial charge is 0.416 e. The SMILES string of the molecule is CC.CCN1CC2C=C(c3ccc(C(F)(F)F)cc3)C1C2. The molecule has 1 saturated heterocycles. The van der Waals surface area contributed by atoms with E-state index >= 15 is 0 Å². The number of alkyl halides is 3. The van der Waals surface area contributed by atoms with E-state index in [0.29, 0.717) is 12.0 Å². The van der Waals surface area contributed by atoms with Crippen LogP contribution in [0.3, 0.4) is 0 Å². The van der Waals surface area contributed by atoms with Crippen molar-refractivity contribution in [2.45, 2.75) is 39.4 Å². The lowest BCUT2D eigenvalue weighted by Gasteiger charge is -2.27. The minimum Gasteiger partial charge on any atom is -0.296 e. The third kappa shape index (κ3) is 3.15. The van der Waals surface area contributed by atoms with Crippen LogP contribution in [0.2, 0.25) is 0 Å². The zero-order valence-corrected chi connectivity index (χ0v) is 12.7. The number of hydrogen-bond donors (Lipinski definition) is 0. The lowest BCUT2D eigenvalue weighted by molar-refractivity contribution is -0.137. The summed E-state index contributed by atoms with van der Waals surface area (Å²) in [4.78, 5) is 2.40. The molecule has 21 heavy (non-hydrogen) atoms. The van der Waals surface area contributed by atoms with Crippen molar-refractivity contribution in [3.63, 3.8) is 0 Å². The van der Waals surface area contributed by atoms with Gasteiger partial charge in [-0.25, -0.2) is 0 Å². The van der Waals surface area contributed by atoms with Crippen molar-refractivity contribution in [3.8, 4) is 0 Å². The molecule has 0 aromatic heterocycles. The van der Waals surface area contributed by atoms with Gasteiger partial charge in [0.25, 0.3) is 0 Å². The van der Waals surface area contributed by atoms with Crippen molar-refractivity contribution < 1.29 is 13.2 Å². The molecule has 1 aliphatic carbocycles. The topological polar surface area (TPSA) is 3.24 Å². The molecule has 1 aliphatic heterocycles. The van der Waals surface area contributed by atoms with Gasteiger partial charge in [0.2, 0.25) is 0 Å².